The summed E-state index contributed by atoms with van der Waals surface area (Å²) >= 11 is 5.91. The van der Waals surface area contributed by atoms with Crippen molar-refractivity contribution in [3.63, 3.8) is 0 Å². The number of hydrazone groups is 1. The maximum Gasteiger partial charge on any atom is 0.271 e. The molecule has 32 heavy (non-hydrogen) atoms. The first-order chi connectivity index (χ1) is 15.6. The van der Waals surface area contributed by atoms with E-state index in [0.29, 0.717) is 35.3 Å². The Morgan fingerprint density at radius 1 is 1.00 bits per heavy atom. The van der Waals surface area contributed by atoms with Crippen LogP contribution in [0.4, 0.5) is 0 Å². The predicted octanol–water partition coefficient (Wildman–Crippen LogP) is 5.48. The number of nitrogens with one attached hydrogen (secondary N) is 1. The third-order valence-electron chi connectivity index (χ3n) is 4.46. The van der Waals surface area contributed by atoms with Gasteiger partial charge in [-0.25, -0.2) is 5.43 Å². The summed E-state index contributed by atoms with van der Waals surface area (Å²) in [5.74, 6) is 1.60. The predicted molar refractivity (Wildman–Crippen MR) is 126 cm³/mol. The quantitative estimate of drug-likeness (QED) is 0.326. The van der Waals surface area contributed by atoms with E-state index in [1.54, 1.807) is 49.7 Å². The standard InChI is InChI=1S/C25H25ClN2O4/c1-3-14-31-22-11-7-20(8-12-22)25(29)28-27-16-19-6-13-23(24(15-19)30-2)32-17-18-4-9-21(26)10-5-18/h4-13,15-16H,3,14,17H2,1-2H3,(H,28,29)/b27-16+. The van der Waals surface area contributed by atoms with Crippen molar-refractivity contribution in [1.82, 2.24) is 5.43 Å². The van der Waals surface area contributed by atoms with E-state index in [1.165, 1.54) is 0 Å². The number of carbonyl (C=O) groups excluding carboxylic acids is 1. The Kier molecular flexibility index (Phi) is 8.52. The second kappa shape index (κ2) is 11.8. The van der Waals surface area contributed by atoms with E-state index in [4.69, 9.17) is 25.8 Å². The van der Waals surface area contributed by atoms with Gasteiger partial charge in [-0.05, 0) is 72.1 Å². The molecule has 0 heterocycles. The van der Waals surface area contributed by atoms with Crippen LogP contribution in [0.5, 0.6) is 17.2 Å². The van der Waals surface area contributed by atoms with Gasteiger partial charge >= 0.3 is 0 Å². The average molecular weight is 453 g/mol. The molecule has 3 aromatic rings. The van der Waals surface area contributed by atoms with Crippen molar-refractivity contribution < 1.29 is 19.0 Å². The molecular weight excluding hydrogens is 428 g/mol. The topological polar surface area (TPSA) is 69.2 Å². The van der Waals surface area contributed by atoms with Crippen molar-refractivity contribution >= 4 is 23.7 Å². The Bertz CT molecular complexity index is 1050. The fourth-order valence-corrected chi connectivity index (χ4v) is 2.90. The molecule has 0 spiro atoms. The summed E-state index contributed by atoms with van der Waals surface area (Å²) in [7, 11) is 1.57. The fraction of sp³-hybridized carbons (Fsp3) is 0.200. The number of methoxy groups -OCH3 is 1. The van der Waals surface area contributed by atoms with Gasteiger partial charge in [0, 0.05) is 10.6 Å². The van der Waals surface area contributed by atoms with Crippen molar-refractivity contribution in [3.05, 3.63) is 88.4 Å². The average Bonchev–Trinajstić information content (AvgIpc) is 2.83. The van der Waals surface area contributed by atoms with Crippen LogP contribution in [0.2, 0.25) is 5.02 Å². The maximum atomic E-state index is 12.3. The molecule has 7 heteroatoms. The zero-order valence-electron chi connectivity index (χ0n) is 18.0. The highest BCUT2D eigenvalue weighted by Gasteiger charge is 2.07. The summed E-state index contributed by atoms with van der Waals surface area (Å²) in [5, 5.41) is 4.71. The maximum absolute atomic E-state index is 12.3. The molecule has 166 valence electrons. The third-order valence-corrected chi connectivity index (χ3v) is 4.72. The number of nitrogens with zero attached hydrogens (tertiary/aromatic N) is 1. The molecular formula is C25H25ClN2O4. The van der Waals surface area contributed by atoms with E-state index in [-0.39, 0.29) is 5.91 Å². The Labute approximate surface area is 192 Å². The Hall–Kier alpha value is -3.51. The number of amides is 1. The highest BCUT2D eigenvalue weighted by Crippen LogP contribution is 2.28. The number of hydrogen-bond donors (Lipinski definition) is 1. The third kappa shape index (κ3) is 6.75. The van der Waals surface area contributed by atoms with Gasteiger partial charge in [-0.1, -0.05) is 30.7 Å². The minimum Gasteiger partial charge on any atom is -0.494 e. The van der Waals surface area contributed by atoms with Crippen LogP contribution in [-0.4, -0.2) is 25.8 Å². The monoisotopic (exact) mass is 452 g/mol. The summed E-state index contributed by atoms with van der Waals surface area (Å²) in [6, 6.07) is 19.8. The van der Waals surface area contributed by atoms with Crippen LogP contribution in [0.1, 0.15) is 34.8 Å². The van der Waals surface area contributed by atoms with E-state index in [2.05, 4.69) is 10.5 Å². The summed E-state index contributed by atoms with van der Waals surface area (Å²) in [6.45, 7) is 3.07. The summed E-state index contributed by atoms with van der Waals surface area (Å²) < 4.78 is 16.8. The van der Waals surface area contributed by atoms with Crippen LogP contribution in [0, 0.1) is 0 Å². The van der Waals surface area contributed by atoms with E-state index >= 15 is 0 Å². The minimum absolute atomic E-state index is 0.307. The molecule has 1 amide bonds. The Morgan fingerprint density at radius 3 is 2.44 bits per heavy atom. The lowest BCUT2D eigenvalue weighted by atomic mass is 10.2. The lowest BCUT2D eigenvalue weighted by Crippen LogP contribution is -2.17. The van der Waals surface area contributed by atoms with E-state index < -0.39 is 0 Å². The van der Waals surface area contributed by atoms with Crippen LogP contribution in [0.15, 0.2) is 71.8 Å². The lowest BCUT2D eigenvalue weighted by molar-refractivity contribution is 0.0955. The smallest absolute Gasteiger partial charge is 0.271 e. The first-order valence-corrected chi connectivity index (χ1v) is 10.6. The van der Waals surface area contributed by atoms with Gasteiger partial charge in [-0.2, -0.15) is 5.10 Å². The highest BCUT2D eigenvalue weighted by molar-refractivity contribution is 6.30. The lowest BCUT2D eigenvalue weighted by Gasteiger charge is -2.11. The van der Waals surface area contributed by atoms with E-state index in [0.717, 1.165) is 23.3 Å². The molecule has 0 unspecified atom stereocenters. The molecule has 3 rings (SSSR count). The molecule has 0 aromatic heterocycles. The van der Waals surface area contributed by atoms with Gasteiger partial charge in [0.2, 0.25) is 0 Å². The molecule has 0 aliphatic carbocycles. The molecule has 6 nitrogen and oxygen atoms in total. The number of rotatable bonds is 10. The summed E-state index contributed by atoms with van der Waals surface area (Å²) in [6.07, 6.45) is 2.47. The van der Waals surface area contributed by atoms with Gasteiger partial charge < -0.3 is 14.2 Å². The van der Waals surface area contributed by atoms with Crippen LogP contribution in [0.3, 0.4) is 0 Å². The molecule has 0 saturated heterocycles. The molecule has 3 aromatic carbocycles. The molecule has 0 aliphatic rings. The second-order valence-electron chi connectivity index (χ2n) is 6.90. The number of ether oxygens (including phenoxy) is 3. The van der Waals surface area contributed by atoms with Crippen LogP contribution < -0.4 is 19.6 Å². The SMILES string of the molecule is CCCOc1ccc(C(=O)N/N=C/c2ccc(OCc3ccc(Cl)cc3)c(OC)c2)cc1. The van der Waals surface area contributed by atoms with Crippen LogP contribution >= 0.6 is 11.6 Å². The summed E-state index contributed by atoms with van der Waals surface area (Å²) in [5.41, 5.74) is 4.76. The van der Waals surface area contributed by atoms with Gasteiger partial charge in [-0.15, -0.1) is 0 Å². The van der Waals surface area contributed by atoms with Gasteiger partial charge in [0.1, 0.15) is 12.4 Å². The fourth-order valence-electron chi connectivity index (χ4n) is 2.78. The van der Waals surface area contributed by atoms with Crippen LogP contribution in [-0.2, 0) is 6.61 Å². The van der Waals surface area contributed by atoms with E-state index in [9.17, 15) is 4.79 Å². The number of halogens is 1. The molecule has 0 fully saturated rings. The van der Waals surface area contributed by atoms with Crippen molar-refractivity contribution in [3.8, 4) is 17.2 Å². The molecule has 0 bridgehead atoms. The molecule has 0 saturated carbocycles. The molecule has 0 atom stereocenters. The van der Waals surface area contributed by atoms with Gasteiger partial charge in [-0.3, -0.25) is 4.79 Å². The Balaban J connectivity index is 1.57. The second-order valence-corrected chi connectivity index (χ2v) is 7.33. The summed E-state index contributed by atoms with van der Waals surface area (Å²) in [4.78, 5) is 12.3. The normalized spacial score (nSPS) is 10.7. The largest absolute Gasteiger partial charge is 0.494 e. The first-order valence-electron chi connectivity index (χ1n) is 10.2. The Morgan fingerprint density at radius 2 is 1.75 bits per heavy atom. The number of hydrogen-bond acceptors (Lipinski definition) is 5. The molecule has 1 N–H and O–H groups in total. The highest BCUT2D eigenvalue weighted by atomic mass is 35.5. The van der Waals surface area contributed by atoms with E-state index in [1.807, 2.05) is 37.3 Å². The zero-order chi connectivity index (χ0) is 22.8. The van der Waals surface area contributed by atoms with Crippen LogP contribution in [0.25, 0.3) is 0 Å². The van der Waals surface area contributed by atoms with Crippen molar-refractivity contribution in [2.75, 3.05) is 13.7 Å². The molecule has 0 aliphatic heterocycles. The van der Waals surface area contributed by atoms with Gasteiger partial charge in [0.05, 0.1) is 19.9 Å². The van der Waals surface area contributed by atoms with Gasteiger partial charge in [0.15, 0.2) is 11.5 Å². The zero-order valence-corrected chi connectivity index (χ0v) is 18.8. The number of benzene rings is 3. The number of carbonyl (C=O) groups is 1. The van der Waals surface area contributed by atoms with Gasteiger partial charge in [0.25, 0.3) is 5.91 Å². The first kappa shape index (κ1) is 23.2. The molecule has 0 radical (unpaired) electrons. The van der Waals surface area contributed by atoms with Crippen molar-refractivity contribution in [2.45, 2.75) is 20.0 Å². The van der Waals surface area contributed by atoms with Crippen molar-refractivity contribution in [1.29, 1.82) is 0 Å². The van der Waals surface area contributed by atoms with Crippen molar-refractivity contribution in [2.24, 2.45) is 5.10 Å². The minimum atomic E-state index is -0.307.